The van der Waals surface area contributed by atoms with E-state index in [0.29, 0.717) is 23.2 Å². The van der Waals surface area contributed by atoms with Crippen molar-refractivity contribution in [1.29, 1.82) is 0 Å². The Labute approximate surface area is 113 Å². The standard InChI is InChI=1S/C12H19ClN4O/c1-4-7-17(8-11(18)16(2)3)12-9(14)5-6-10(13)15-12/h5-6H,4,7-8,14H2,1-3H3. The van der Waals surface area contributed by atoms with Crippen molar-refractivity contribution < 1.29 is 4.79 Å². The third kappa shape index (κ3) is 3.77. The number of likely N-dealkylation sites (N-methyl/N-ethyl adjacent to an activating group) is 1. The molecule has 0 saturated carbocycles. The summed E-state index contributed by atoms with van der Waals surface area (Å²) >= 11 is 5.87. The molecule has 0 radical (unpaired) electrons. The molecular weight excluding hydrogens is 252 g/mol. The zero-order chi connectivity index (χ0) is 13.7. The molecule has 1 amide bonds. The number of rotatable bonds is 5. The minimum atomic E-state index is 0.00428. The van der Waals surface area contributed by atoms with E-state index >= 15 is 0 Å². The number of hydrogen-bond acceptors (Lipinski definition) is 4. The molecule has 0 aliphatic heterocycles. The maximum atomic E-state index is 11.8. The molecule has 0 saturated heterocycles. The number of nitrogens with zero attached hydrogens (tertiary/aromatic N) is 3. The molecule has 0 aromatic carbocycles. The van der Waals surface area contributed by atoms with Gasteiger partial charge in [-0.25, -0.2) is 4.98 Å². The number of aromatic nitrogens is 1. The van der Waals surface area contributed by atoms with Crippen LogP contribution in [0.25, 0.3) is 0 Å². The van der Waals surface area contributed by atoms with Gasteiger partial charge in [0.1, 0.15) is 5.15 Å². The predicted octanol–water partition coefficient (Wildman–Crippen LogP) is 1.62. The topological polar surface area (TPSA) is 62.5 Å². The van der Waals surface area contributed by atoms with Crippen molar-refractivity contribution in [2.45, 2.75) is 13.3 Å². The van der Waals surface area contributed by atoms with Crippen molar-refractivity contribution in [3.8, 4) is 0 Å². The molecular formula is C12H19ClN4O. The Hall–Kier alpha value is -1.49. The number of amides is 1. The summed E-state index contributed by atoms with van der Waals surface area (Å²) < 4.78 is 0. The number of nitrogens with two attached hydrogens (primary N) is 1. The molecule has 0 bridgehead atoms. The fraction of sp³-hybridized carbons (Fsp3) is 0.500. The first-order valence-corrected chi connectivity index (χ1v) is 6.20. The van der Waals surface area contributed by atoms with Gasteiger partial charge in [-0.2, -0.15) is 0 Å². The molecule has 0 aliphatic carbocycles. The van der Waals surface area contributed by atoms with E-state index in [1.807, 2.05) is 11.8 Å². The fourth-order valence-corrected chi connectivity index (χ4v) is 1.67. The van der Waals surface area contributed by atoms with Gasteiger partial charge in [0.15, 0.2) is 5.82 Å². The summed E-state index contributed by atoms with van der Waals surface area (Å²) in [6, 6.07) is 3.34. The van der Waals surface area contributed by atoms with Gasteiger partial charge >= 0.3 is 0 Å². The summed E-state index contributed by atoms with van der Waals surface area (Å²) in [5.41, 5.74) is 6.41. The summed E-state index contributed by atoms with van der Waals surface area (Å²) in [5, 5.41) is 0.373. The van der Waals surface area contributed by atoms with Crippen LogP contribution in [0.3, 0.4) is 0 Å². The monoisotopic (exact) mass is 270 g/mol. The SMILES string of the molecule is CCCN(CC(=O)N(C)C)c1nc(Cl)ccc1N. The van der Waals surface area contributed by atoms with Crippen LogP contribution in [0.2, 0.25) is 5.15 Å². The molecule has 1 aromatic heterocycles. The minimum Gasteiger partial charge on any atom is -0.396 e. The highest BCUT2D eigenvalue weighted by Crippen LogP contribution is 2.23. The van der Waals surface area contributed by atoms with E-state index < -0.39 is 0 Å². The molecule has 1 heterocycles. The van der Waals surface area contributed by atoms with Crippen LogP contribution in [0, 0.1) is 0 Å². The number of halogens is 1. The number of pyridine rings is 1. The number of hydrogen-bond donors (Lipinski definition) is 1. The highest BCUT2D eigenvalue weighted by Gasteiger charge is 2.16. The van der Waals surface area contributed by atoms with E-state index in [-0.39, 0.29) is 12.5 Å². The Bertz CT molecular complexity index is 423. The molecule has 0 fully saturated rings. The number of carbonyl (C=O) groups excluding carboxylic acids is 1. The molecule has 1 aromatic rings. The highest BCUT2D eigenvalue weighted by molar-refractivity contribution is 6.29. The quantitative estimate of drug-likeness (QED) is 0.826. The average Bonchev–Trinajstić information content (AvgIpc) is 2.31. The molecule has 0 unspecified atom stereocenters. The van der Waals surface area contributed by atoms with E-state index in [1.165, 1.54) is 0 Å². The molecule has 0 atom stereocenters. The van der Waals surface area contributed by atoms with Gasteiger partial charge in [-0.3, -0.25) is 4.79 Å². The van der Waals surface area contributed by atoms with Crippen LogP contribution in [-0.4, -0.2) is 43.0 Å². The predicted molar refractivity (Wildman–Crippen MR) is 74.9 cm³/mol. The van der Waals surface area contributed by atoms with Crippen molar-refractivity contribution in [2.75, 3.05) is 37.8 Å². The minimum absolute atomic E-state index is 0.00428. The van der Waals surface area contributed by atoms with Crippen molar-refractivity contribution in [1.82, 2.24) is 9.88 Å². The second kappa shape index (κ2) is 6.44. The molecule has 6 heteroatoms. The van der Waals surface area contributed by atoms with Gasteiger partial charge in [-0.1, -0.05) is 18.5 Å². The normalized spacial score (nSPS) is 10.2. The summed E-state index contributed by atoms with van der Waals surface area (Å²) in [6.45, 7) is 2.99. The van der Waals surface area contributed by atoms with Crippen LogP contribution in [-0.2, 0) is 4.79 Å². The maximum absolute atomic E-state index is 11.8. The molecule has 1 rings (SSSR count). The second-order valence-corrected chi connectivity index (χ2v) is 4.64. The van der Waals surface area contributed by atoms with Crippen LogP contribution in [0.4, 0.5) is 11.5 Å². The van der Waals surface area contributed by atoms with E-state index in [0.717, 1.165) is 6.42 Å². The third-order valence-corrected chi connectivity index (χ3v) is 2.70. The summed E-state index contributed by atoms with van der Waals surface area (Å²) in [6.07, 6.45) is 0.897. The first kappa shape index (κ1) is 14.6. The van der Waals surface area contributed by atoms with Crippen LogP contribution in [0.5, 0.6) is 0 Å². The van der Waals surface area contributed by atoms with Gasteiger partial charge < -0.3 is 15.5 Å². The molecule has 0 spiro atoms. The highest BCUT2D eigenvalue weighted by atomic mass is 35.5. The van der Waals surface area contributed by atoms with E-state index in [4.69, 9.17) is 17.3 Å². The second-order valence-electron chi connectivity index (χ2n) is 4.26. The van der Waals surface area contributed by atoms with Gasteiger partial charge in [0.25, 0.3) is 0 Å². The first-order valence-electron chi connectivity index (χ1n) is 5.82. The van der Waals surface area contributed by atoms with Crippen LogP contribution < -0.4 is 10.6 Å². The average molecular weight is 271 g/mol. The van der Waals surface area contributed by atoms with Crippen molar-refractivity contribution in [2.24, 2.45) is 0 Å². The van der Waals surface area contributed by atoms with Gasteiger partial charge in [0.05, 0.1) is 12.2 Å². The number of anilines is 2. The van der Waals surface area contributed by atoms with Crippen molar-refractivity contribution >= 4 is 29.0 Å². The number of nitrogen functional groups attached to an aromatic ring is 1. The van der Waals surface area contributed by atoms with Gasteiger partial charge in [-0.05, 0) is 18.6 Å². The first-order chi connectivity index (χ1) is 8.45. The zero-order valence-electron chi connectivity index (χ0n) is 11.0. The maximum Gasteiger partial charge on any atom is 0.241 e. The van der Waals surface area contributed by atoms with Crippen LogP contribution in [0.15, 0.2) is 12.1 Å². The lowest BCUT2D eigenvalue weighted by molar-refractivity contribution is -0.127. The Morgan fingerprint density at radius 1 is 1.44 bits per heavy atom. The third-order valence-electron chi connectivity index (χ3n) is 2.49. The van der Waals surface area contributed by atoms with Crippen LogP contribution >= 0.6 is 11.6 Å². The van der Waals surface area contributed by atoms with Gasteiger partial charge in [0.2, 0.25) is 5.91 Å². The van der Waals surface area contributed by atoms with Gasteiger partial charge in [0, 0.05) is 20.6 Å². The largest absolute Gasteiger partial charge is 0.396 e. The lowest BCUT2D eigenvalue weighted by atomic mass is 10.3. The van der Waals surface area contributed by atoms with Crippen molar-refractivity contribution in [3.05, 3.63) is 17.3 Å². The molecule has 2 N–H and O–H groups in total. The lowest BCUT2D eigenvalue weighted by Gasteiger charge is -2.25. The Morgan fingerprint density at radius 2 is 2.11 bits per heavy atom. The zero-order valence-corrected chi connectivity index (χ0v) is 11.7. The molecule has 18 heavy (non-hydrogen) atoms. The van der Waals surface area contributed by atoms with E-state index in [2.05, 4.69) is 4.98 Å². The molecule has 5 nitrogen and oxygen atoms in total. The van der Waals surface area contributed by atoms with Crippen LogP contribution in [0.1, 0.15) is 13.3 Å². The summed E-state index contributed by atoms with van der Waals surface area (Å²) in [7, 11) is 3.45. The lowest BCUT2D eigenvalue weighted by Crippen LogP contribution is -2.37. The summed E-state index contributed by atoms with van der Waals surface area (Å²) in [5.74, 6) is 0.573. The molecule has 0 aliphatic rings. The molecule has 100 valence electrons. The Kier molecular flexibility index (Phi) is 5.22. The smallest absolute Gasteiger partial charge is 0.241 e. The Balaban J connectivity index is 2.96. The number of carbonyl (C=O) groups is 1. The Morgan fingerprint density at radius 3 is 2.67 bits per heavy atom. The van der Waals surface area contributed by atoms with E-state index in [9.17, 15) is 4.79 Å². The van der Waals surface area contributed by atoms with Gasteiger partial charge in [-0.15, -0.1) is 0 Å². The fourth-order valence-electron chi connectivity index (χ4n) is 1.52. The van der Waals surface area contributed by atoms with Crippen molar-refractivity contribution in [3.63, 3.8) is 0 Å². The van der Waals surface area contributed by atoms with E-state index in [1.54, 1.807) is 31.1 Å². The summed E-state index contributed by atoms with van der Waals surface area (Å²) in [4.78, 5) is 19.4.